The molecule has 122 valence electrons. The topological polar surface area (TPSA) is 35.5 Å². The number of allylic oxidation sites excluding steroid dienone is 2. The molecule has 1 aliphatic rings. The molecule has 2 aromatic carbocycles. The van der Waals surface area contributed by atoms with Crippen molar-refractivity contribution in [3.8, 4) is 11.5 Å². The standard InChI is InChI=1S/C21H20O3/c1-14(2)9-10-23-17-7-8-18-19(13-17)24-20(21(18)22)12-16-6-4-5-15(3)11-16/h4-9,11-13H,10H2,1-3H3/b20-12-. The molecule has 3 heteroatoms. The maximum Gasteiger partial charge on any atom is 0.231 e. The van der Waals surface area contributed by atoms with Gasteiger partial charge >= 0.3 is 0 Å². The third-order valence-electron chi connectivity index (χ3n) is 3.72. The van der Waals surface area contributed by atoms with Crippen LogP contribution in [-0.4, -0.2) is 12.4 Å². The van der Waals surface area contributed by atoms with Gasteiger partial charge in [0, 0.05) is 6.07 Å². The van der Waals surface area contributed by atoms with Crippen LogP contribution in [0.4, 0.5) is 0 Å². The Balaban J connectivity index is 1.81. The number of ether oxygens (including phenoxy) is 2. The van der Waals surface area contributed by atoms with Crippen LogP contribution in [0.3, 0.4) is 0 Å². The summed E-state index contributed by atoms with van der Waals surface area (Å²) < 4.78 is 11.4. The van der Waals surface area contributed by atoms with E-state index in [1.165, 1.54) is 5.57 Å². The number of fused-ring (bicyclic) bond motifs is 1. The third-order valence-corrected chi connectivity index (χ3v) is 3.72. The fourth-order valence-electron chi connectivity index (χ4n) is 2.47. The number of aryl methyl sites for hydroxylation is 1. The van der Waals surface area contributed by atoms with Gasteiger partial charge in [-0.15, -0.1) is 0 Å². The zero-order chi connectivity index (χ0) is 17.1. The molecule has 0 fully saturated rings. The van der Waals surface area contributed by atoms with Crippen LogP contribution in [-0.2, 0) is 0 Å². The molecule has 0 bridgehead atoms. The van der Waals surface area contributed by atoms with E-state index in [1.54, 1.807) is 24.3 Å². The maximum absolute atomic E-state index is 12.5. The van der Waals surface area contributed by atoms with Crippen molar-refractivity contribution in [3.63, 3.8) is 0 Å². The fraction of sp³-hybridized carbons (Fsp3) is 0.190. The van der Waals surface area contributed by atoms with Gasteiger partial charge in [0.25, 0.3) is 0 Å². The Labute approximate surface area is 142 Å². The van der Waals surface area contributed by atoms with Crippen molar-refractivity contribution >= 4 is 11.9 Å². The second kappa shape index (κ2) is 6.75. The highest BCUT2D eigenvalue weighted by Crippen LogP contribution is 2.34. The minimum atomic E-state index is -0.0950. The Morgan fingerprint density at radius 3 is 2.75 bits per heavy atom. The van der Waals surface area contributed by atoms with Crippen molar-refractivity contribution in [1.29, 1.82) is 0 Å². The van der Waals surface area contributed by atoms with Crippen molar-refractivity contribution < 1.29 is 14.3 Å². The molecule has 24 heavy (non-hydrogen) atoms. The molecular weight excluding hydrogens is 300 g/mol. The van der Waals surface area contributed by atoms with Crippen molar-refractivity contribution in [1.82, 2.24) is 0 Å². The van der Waals surface area contributed by atoms with Gasteiger partial charge in [-0.2, -0.15) is 0 Å². The summed E-state index contributed by atoms with van der Waals surface area (Å²) in [4.78, 5) is 12.5. The normalized spacial score (nSPS) is 14.3. The average Bonchev–Trinajstić information content (AvgIpc) is 2.83. The fourth-order valence-corrected chi connectivity index (χ4v) is 2.47. The summed E-state index contributed by atoms with van der Waals surface area (Å²) in [6.07, 6.45) is 3.78. The Hall–Kier alpha value is -2.81. The molecule has 2 aromatic rings. The summed E-state index contributed by atoms with van der Waals surface area (Å²) in [7, 11) is 0. The molecular formula is C21H20O3. The van der Waals surface area contributed by atoms with E-state index < -0.39 is 0 Å². The molecule has 0 radical (unpaired) electrons. The van der Waals surface area contributed by atoms with Crippen LogP contribution in [0.15, 0.2) is 59.9 Å². The number of ketones is 1. The number of rotatable bonds is 4. The summed E-state index contributed by atoms with van der Waals surface area (Å²) in [5.41, 5.74) is 3.86. The monoisotopic (exact) mass is 320 g/mol. The maximum atomic E-state index is 12.5. The minimum absolute atomic E-state index is 0.0950. The van der Waals surface area contributed by atoms with Gasteiger partial charge in [0.15, 0.2) is 5.76 Å². The van der Waals surface area contributed by atoms with Gasteiger partial charge in [-0.25, -0.2) is 0 Å². The number of Topliss-reactive ketones (excluding diaryl/α,β-unsaturated/α-hetero) is 1. The van der Waals surface area contributed by atoms with Crippen LogP contribution in [0.25, 0.3) is 6.08 Å². The van der Waals surface area contributed by atoms with Crippen molar-refractivity contribution in [3.05, 3.63) is 76.6 Å². The average molecular weight is 320 g/mol. The van der Waals surface area contributed by atoms with Gasteiger partial charge in [0.05, 0.1) is 5.56 Å². The van der Waals surface area contributed by atoms with E-state index in [0.717, 1.165) is 11.1 Å². The lowest BCUT2D eigenvalue weighted by atomic mass is 10.1. The van der Waals surface area contributed by atoms with Crippen molar-refractivity contribution in [2.75, 3.05) is 6.61 Å². The second-order valence-corrected chi connectivity index (χ2v) is 6.10. The number of carbonyl (C=O) groups is 1. The number of carbonyl (C=O) groups excluding carboxylic acids is 1. The Morgan fingerprint density at radius 1 is 1.17 bits per heavy atom. The van der Waals surface area contributed by atoms with Crippen molar-refractivity contribution in [2.45, 2.75) is 20.8 Å². The molecule has 0 amide bonds. The molecule has 3 rings (SSSR count). The molecule has 0 aromatic heterocycles. The Bertz CT molecular complexity index is 840. The molecule has 0 N–H and O–H groups in total. The zero-order valence-electron chi connectivity index (χ0n) is 14.1. The quantitative estimate of drug-likeness (QED) is 0.590. The smallest absolute Gasteiger partial charge is 0.231 e. The molecule has 1 aliphatic heterocycles. The van der Waals surface area contributed by atoms with E-state index in [9.17, 15) is 4.79 Å². The highest BCUT2D eigenvalue weighted by atomic mass is 16.5. The van der Waals surface area contributed by atoms with E-state index in [1.807, 2.05) is 51.1 Å². The summed E-state index contributed by atoms with van der Waals surface area (Å²) in [5.74, 6) is 1.49. The van der Waals surface area contributed by atoms with Gasteiger partial charge in [-0.3, -0.25) is 4.79 Å². The molecule has 0 aliphatic carbocycles. The first-order valence-electron chi connectivity index (χ1n) is 7.94. The lowest BCUT2D eigenvalue weighted by molar-refractivity contribution is 0.101. The number of hydrogen-bond acceptors (Lipinski definition) is 3. The van der Waals surface area contributed by atoms with Crippen LogP contribution in [0.5, 0.6) is 11.5 Å². The largest absolute Gasteiger partial charge is 0.489 e. The van der Waals surface area contributed by atoms with E-state index in [0.29, 0.717) is 29.4 Å². The van der Waals surface area contributed by atoms with Crippen LogP contribution in [0, 0.1) is 6.92 Å². The first-order valence-corrected chi connectivity index (χ1v) is 7.94. The van der Waals surface area contributed by atoms with E-state index in [2.05, 4.69) is 0 Å². The van der Waals surface area contributed by atoms with E-state index >= 15 is 0 Å². The third kappa shape index (κ3) is 3.57. The molecule has 0 atom stereocenters. The number of hydrogen-bond donors (Lipinski definition) is 0. The molecule has 0 spiro atoms. The Morgan fingerprint density at radius 2 is 2.00 bits per heavy atom. The molecule has 0 unspecified atom stereocenters. The molecule has 0 saturated carbocycles. The second-order valence-electron chi connectivity index (χ2n) is 6.10. The lowest BCUT2D eigenvalue weighted by Crippen LogP contribution is -1.98. The van der Waals surface area contributed by atoms with Crippen LogP contribution in [0.2, 0.25) is 0 Å². The van der Waals surface area contributed by atoms with E-state index in [4.69, 9.17) is 9.47 Å². The summed E-state index contributed by atoms with van der Waals surface area (Å²) in [6.45, 7) is 6.57. The summed E-state index contributed by atoms with van der Waals surface area (Å²) >= 11 is 0. The van der Waals surface area contributed by atoms with Gasteiger partial charge < -0.3 is 9.47 Å². The first-order chi connectivity index (χ1) is 11.5. The Kier molecular flexibility index (Phi) is 4.52. The van der Waals surface area contributed by atoms with Gasteiger partial charge in [-0.1, -0.05) is 35.4 Å². The van der Waals surface area contributed by atoms with Gasteiger partial charge in [0.1, 0.15) is 18.1 Å². The van der Waals surface area contributed by atoms with Crippen molar-refractivity contribution in [2.24, 2.45) is 0 Å². The van der Waals surface area contributed by atoms with Crippen LogP contribution < -0.4 is 9.47 Å². The SMILES string of the molecule is CC(C)=CCOc1ccc2c(c1)O/C(=C\c1cccc(C)c1)C2=O. The highest BCUT2D eigenvalue weighted by Gasteiger charge is 2.27. The highest BCUT2D eigenvalue weighted by molar-refractivity contribution is 6.14. The summed E-state index contributed by atoms with van der Waals surface area (Å²) in [6, 6.07) is 13.3. The van der Waals surface area contributed by atoms with Crippen LogP contribution in [0.1, 0.15) is 35.3 Å². The minimum Gasteiger partial charge on any atom is -0.489 e. The molecule has 3 nitrogen and oxygen atoms in total. The molecule has 1 heterocycles. The first kappa shape index (κ1) is 16.1. The summed E-state index contributed by atoms with van der Waals surface area (Å²) in [5, 5.41) is 0. The number of benzene rings is 2. The predicted octanol–water partition coefficient (Wildman–Crippen LogP) is 4.96. The van der Waals surface area contributed by atoms with Crippen LogP contribution >= 0.6 is 0 Å². The van der Waals surface area contributed by atoms with E-state index in [-0.39, 0.29) is 5.78 Å². The van der Waals surface area contributed by atoms with Gasteiger partial charge in [0.2, 0.25) is 5.78 Å². The molecule has 0 saturated heterocycles. The predicted molar refractivity (Wildman–Crippen MR) is 95.5 cm³/mol. The van der Waals surface area contributed by atoms with Gasteiger partial charge in [-0.05, 0) is 50.6 Å². The lowest BCUT2D eigenvalue weighted by Gasteiger charge is -2.05. The zero-order valence-corrected chi connectivity index (χ0v) is 14.1.